The number of carbonyl (C=O) groups is 1. The summed E-state index contributed by atoms with van der Waals surface area (Å²) in [6.07, 6.45) is 5.89. The maximum absolute atomic E-state index is 12.5. The van der Waals surface area contributed by atoms with E-state index >= 15 is 0 Å². The average molecular weight is 316 g/mol. The van der Waals surface area contributed by atoms with Crippen LogP contribution in [0.25, 0.3) is 0 Å². The normalized spacial score (nSPS) is 27.4. The number of amides is 1. The van der Waals surface area contributed by atoms with Gasteiger partial charge in [0.15, 0.2) is 0 Å². The molecule has 0 radical (unpaired) electrons. The molecule has 2 N–H and O–H groups in total. The molecule has 22 heavy (non-hydrogen) atoms. The predicted octanol–water partition coefficient (Wildman–Crippen LogP) is 2.82. The van der Waals surface area contributed by atoms with E-state index in [4.69, 9.17) is 0 Å². The molecule has 1 saturated heterocycles. The number of hydrogen-bond acceptors (Lipinski definition) is 3. The third-order valence-electron chi connectivity index (χ3n) is 5.58. The van der Waals surface area contributed by atoms with Crippen LogP contribution in [-0.2, 0) is 4.79 Å². The van der Waals surface area contributed by atoms with Crippen molar-refractivity contribution >= 4 is 17.7 Å². The van der Waals surface area contributed by atoms with Crippen LogP contribution in [0, 0.1) is 11.3 Å². The Labute approximate surface area is 136 Å². The molecule has 0 bridgehead atoms. The summed E-state index contributed by atoms with van der Waals surface area (Å²) in [5.41, 5.74) is 0.346. The quantitative estimate of drug-likeness (QED) is 0.878. The van der Waals surface area contributed by atoms with Crippen molar-refractivity contribution in [2.24, 2.45) is 11.3 Å². The zero-order valence-corrected chi connectivity index (χ0v) is 13.8. The minimum absolute atomic E-state index is 0.257. The van der Waals surface area contributed by atoms with Gasteiger partial charge < -0.3 is 10.6 Å². The zero-order chi connectivity index (χ0) is 15.0. The molecule has 1 heterocycles. The largest absolute Gasteiger partial charge is 0.354 e. The Morgan fingerprint density at radius 3 is 2.59 bits per heavy atom. The van der Waals surface area contributed by atoms with Crippen molar-refractivity contribution in [1.29, 1.82) is 0 Å². The lowest BCUT2D eigenvalue weighted by Gasteiger charge is -2.23. The molecule has 4 heteroatoms. The highest BCUT2D eigenvalue weighted by Gasteiger charge is 2.58. The summed E-state index contributed by atoms with van der Waals surface area (Å²) in [5, 5.41) is 6.66. The Morgan fingerprint density at radius 2 is 1.91 bits per heavy atom. The highest BCUT2D eigenvalue weighted by atomic mass is 32.2. The maximum atomic E-state index is 12.5. The molecule has 4 rings (SSSR count). The van der Waals surface area contributed by atoms with E-state index in [1.165, 1.54) is 30.6 Å². The number of hydrogen-bond donors (Lipinski definition) is 2. The van der Waals surface area contributed by atoms with E-state index in [-0.39, 0.29) is 10.7 Å². The molecule has 2 saturated carbocycles. The lowest BCUT2D eigenvalue weighted by atomic mass is 9.92. The molecule has 3 fully saturated rings. The fourth-order valence-electron chi connectivity index (χ4n) is 3.76. The molecule has 0 aromatic heterocycles. The van der Waals surface area contributed by atoms with E-state index in [9.17, 15) is 4.79 Å². The Morgan fingerprint density at radius 1 is 1.18 bits per heavy atom. The summed E-state index contributed by atoms with van der Waals surface area (Å²) in [7, 11) is 0. The van der Waals surface area contributed by atoms with E-state index in [0.717, 1.165) is 26.1 Å². The van der Waals surface area contributed by atoms with Crippen molar-refractivity contribution in [3.8, 4) is 0 Å². The van der Waals surface area contributed by atoms with Crippen LogP contribution in [0.4, 0.5) is 0 Å². The van der Waals surface area contributed by atoms with Gasteiger partial charge in [0.1, 0.15) is 0 Å². The van der Waals surface area contributed by atoms with Crippen LogP contribution in [0.3, 0.4) is 0 Å². The van der Waals surface area contributed by atoms with Crippen molar-refractivity contribution in [3.63, 3.8) is 0 Å². The Balaban J connectivity index is 1.29. The molecule has 3 aliphatic rings. The summed E-state index contributed by atoms with van der Waals surface area (Å²) in [5.74, 6) is 0.592. The van der Waals surface area contributed by atoms with Gasteiger partial charge in [0.05, 0.1) is 0 Å². The molecule has 1 unspecified atom stereocenters. The lowest BCUT2D eigenvalue weighted by Crippen LogP contribution is -2.36. The van der Waals surface area contributed by atoms with Crippen LogP contribution < -0.4 is 10.6 Å². The van der Waals surface area contributed by atoms with Gasteiger partial charge in [-0.3, -0.25) is 4.79 Å². The molecule has 1 spiro atoms. The number of rotatable bonds is 5. The molecule has 3 nitrogen and oxygen atoms in total. The van der Waals surface area contributed by atoms with E-state index in [1.54, 1.807) is 0 Å². The fraction of sp³-hybridized carbons (Fsp3) is 0.611. The Hall–Kier alpha value is -1.00. The van der Waals surface area contributed by atoms with Crippen LogP contribution >= 0.6 is 11.8 Å². The Bertz CT molecular complexity index is 549. The van der Waals surface area contributed by atoms with Gasteiger partial charge in [-0.05, 0) is 62.7 Å². The van der Waals surface area contributed by atoms with Crippen molar-refractivity contribution in [2.75, 3.05) is 19.6 Å². The monoisotopic (exact) mass is 316 g/mol. The number of benzene rings is 1. The second-order valence-electron chi connectivity index (χ2n) is 7.19. The van der Waals surface area contributed by atoms with Crippen LogP contribution in [-0.4, -0.2) is 30.3 Å². The first-order chi connectivity index (χ1) is 10.7. The first kappa shape index (κ1) is 14.6. The van der Waals surface area contributed by atoms with Crippen molar-refractivity contribution in [1.82, 2.24) is 10.6 Å². The van der Waals surface area contributed by atoms with E-state index < -0.39 is 0 Å². The first-order valence-corrected chi connectivity index (χ1v) is 9.26. The minimum Gasteiger partial charge on any atom is -0.354 e. The average Bonchev–Trinajstić information content (AvgIpc) is 3.46. The fourth-order valence-corrected chi connectivity index (χ4v) is 5.00. The molecular weight excluding hydrogens is 292 g/mol. The number of carbonyl (C=O) groups excluding carboxylic acids is 1. The standard InChI is InChI=1S/C18H24N2OS/c21-16(15-12-17(15)8-10-19-11-9-17)20-13-18(6-7-18)22-14-4-2-1-3-5-14/h1-5,15,19H,6-13H2,(H,20,21). The van der Waals surface area contributed by atoms with Gasteiger partial charge in [0.2, 0.25) is 5.91 Å². The summed E-state index contributed by atoms with van der Waals surface area (Å²) in [4.78, 5) is 13.8. The SMILES string of the molecule is O=C(NCC1(Sc2ccccc2)CC1)C1CC12CCNCC2. The van der Waals surface area contributed by atoms with Gasteiger partial charge in [0.25, 0.3) is 0 Å². The first-order valence-electron chi connectivity index (χ1n) is 8.44. The van der Waals surface area contributed by atoms with Gasteiger partial charge in [-0.1, -0.05) is 18.2 Å². The Kier molecular flexibility index (Phi) is 3.69. The van der Waals surface area contributed by atoms with E-state index in [2.05, 4.69) is 41.0 Å². The van der Waals surface area contributed by atoms with Crippen LogP contribution in [0.2, 0.25) is 0 Å². The second-order valence-corrected chi connectivity index (χ2v) is 8.73. The third-order valence-corrected chi connectivity index (χ3v) is 7.07. The van der Waals surface area contributed by atoms with Gasteiger partial charge in [-0.2, -0.15) is 0 Å². The molecule has 1 aromatic carbocycles. The van der Waals surface area contributed by atoms with Gasteiger partial charge in [0, 0.05) is 22.1 Å². The molecule has 1 aromatic rings. The van der Waals surface area contributed by atoms with Crippen molar-refractivity contribution in [3.05, 3.63) is 30.3 Å². The molecular formula is C18H24N2OS. The third kappa shape index (κ3) is 2.91. The van der Waals surface area contributed by atoms with E-state index in [1.807, 2.05) is 11.8 Å². The van der Waals surface area contributed by atoms with Crippen molar-refractivity contribution < 1.29 is 4.79 Å². The predicted molar refractivity (Wildman–Crippen MR) is 89.9 cm³/mol. The molecule has 1 atom stereocenters. The molecule has 2 aliphatic carbocycles. The van der Waals surface area contributed by atoms with Gasteiger partial charge in [-0.15, -0.1) is 11.8 Å². The summed E-state index contributed by atoms with van der Waals surface area (Å²) >= 11 is 1.93. The minimum atomic E-state index is 0.257. The van der Waals surface area contributed by atoms with E-state index in [0.29, 0.717) is 11.3 Å². The highest BCUT2D eigenvalue weighted by Crippen LogP contribution is 2.58. The van der Waals surface area contributed by atoms with Crippen LogP contribution in [0.15, 0.2) is 35.2 Å². The topological polar surface area (TPSA) is 41.1 Å². The highest BCUT2D eigenvalue weighted by molar-refractivity contribution is 8.01. The lowest BCUT2D eigenvalue weighted by molar-refractivity contribution is -0.123. The van der Waals surface area contributed by atoms with Gasteiger partial charge >= 0.3 is 0 Å². The summed E-state index contributed by atoms with van der Waals surface area (Å²) in [6.45, 7) is 2.99. The molecule has 1 aliphatic heterocycles. The zero-order valence-electron chi connectivity index (χ0n) is 12.9. The molecule has 1 amide bonds. The maximum Gasteiger partial charge on any atom is 0.223 e. The summed E-state index contributed by atoms with van der Waals surface area (Å²) in [6, 6.07) is 10.6. The second kappa shape index (κ2) is 5.57. The van der Waals surface area contributed by atoms with Crippen LogP contribution in [0.1, 0.15) is 32.1 Å². The van der Waals surface area contributed by atoms with Crippen LogP contribution in [0.5, 0.6) is 0 Å². The smallest absolute Gasteiger partial charge is 0.223 e. The number of thioether (sulfide) groups is 1. The molecule has 118 valence electrons. The van der Waals surface area contributed by atoms with Gasteiger partial charge in [-0.25, -0.2) is 0 Å². The number of nitrogens with one attached hydrogen (secondary N) is 2. The number of piperidine rings is 1. The summed E-state index contributed by atoms with van der Waals surface area (Å²) < 4.78 is 0.257. The van der Waals surface area contributed by atoms with Crippen molar-refractivity contribution in [2.45, 2.75) is 41.7 Å².